The molecule has 19 heavy (non-hydrogen) atoms. The molecule has 0 bridgehead atoms. The summed E-state index contributed by atoms with van der Waals surface area (Å²) in [7, 11) is 0. The lowest BCUT2D eigenvalue weighted by Crippen LogP contribution is -2.27. The van der Waals surface area contributed by atoms with Crippen molar-refractivity contribution in [1.82, 2.24) is 14.9 Å². The molecule has 0 fully saturated rings. The van der Waals surface area contributed by atoms with Crippen molar-refractivity contribution in [3.63, 3.8) is 0 Å². The summed E-state index contributed by atoms with van der Waals surface area (Å²) in [6.45, 7) is 1.87. The highest BCUT2D eigenvalue weighted by Crippen LogP contribution is 2.25. The summed E-state index contributed by atoms with van der Waals surface area (Å²) in [6.07, 6.45) is 2.40. The number of aryl methyl sites for hydroxylation is 1. The molecule has 0 radical (unpaired) electrons. The highest BCUT2D eigenvalue weighted by atomic mass is 35.5. The van der Waals surface area contributed by atoms with Crippen LogP contribution >= 0.6 is 11.6 Å². The zero-order valence-corrected chi connectivity index (χ0v) is 11.0. The van der Waals surface area contributed by atoms with Gasteiger partial charge in [-0.15, -0.1) is 0 Å². The first-order valence-corrected chi connectivity index (χ1v) is 6.07. The van der Waals surface area contributed by atoms with Crippen molar-refractivity contribution >= 4 is 34.7 Å². The summed E-state index contributed by atoms with van der Waals surface area (Å²) in [4.78, 5) is 15.4. The Morgan fingerprint density at radius 1 is 1.63 bits per heavy atom. The first-order chi connectivity index (χ1) is 9.06. The van der Waals surface area contributed by atoms with E-state index in [0.29, 0.717) is 28.6 Å². The largest absolute Gasteiger partial charge is 0.396 e. The lowest BCUT2D eigenvalue weighted by atomic mass is 10.3. The Morgan fingerprint density at radius 3 is 3.00 bits per heavy atom. The van der Waals surface area contributed by atoms with Gasteiger partial charge in [0.1, 0.15) is 5.82 Å². The van der Waals surface area contributed by atoms with Crippen LogP contribution < -0.4 is 16.5 Å². The number of nitrogens with two attached hydrogens (primary N) is 1. The fourth-order valence-corrected chi connectivity index (χ4v) is 2.08. The second-order valence-electron chi connectivity index (χ2n) is 3.96. The molecular weight excluding hydrogens is 270 g/mol. The number of pyridine rings is 1. The summed E-state index contributed by atoms with van der Waals surface area (Å²) in [5.74, 6) is -0.00909. The molecule has 0 spiro atoms. The Bertz CT molecular complexity index is 625. The molecule has 2 heterocycles. The summed E-state index contributed by atoms with van der Waals surface area (Å²) in [5, 5.41) is 11.8. The number of hydrogen-bond acceptors (Lipinski definition) is 5. The summed E-state index contributed by atoms with van der Waals surface area (Å²) in [6, 6.07) is 1.62. The van der Waals surface area contributed by atoms with Crippen LogP contribution in [-0.4, -0.2) is 27.0 Å². The molecule has 0 saturated heterocycles. The van der Waals surface area contributed by atoms with Gasteiger partial charge >= 0.3 is 0 Å². The van der Waals surface area contributed by atoms with Gasteiger partial charge in [-0.05, 0) is 12.5 Å². The number of carbonyl (C=O) groups is 1. The minimum atomic E-state index is -0.551. The summed E-state index contributed by atoms with van der Waals surface area (Å²) >= 11 is 5.97. The third-order valence-corrected chi connectivity index (χ3v) is 2.90. The number of aromatic nitrogens is 2. The number of nitrogen functional groups attached to an aromatic ring is 1. The van der Waals surface area contributed by atoms with E-state index in [-0.39, 0.29) is 6.54 Å². The third kappa shape index (κ3) is 2.56. The van der Waals surface area contributed by atoms with Crippen LogP contribution in [-0.2, 0) is 11.2 Å². The number of rotatable bonds is 4. The number of hydroxylamine groups is 1. The Kier molecular flexibility index (Phi) is 3.77. The molecule has 0 aliphatic carbocycles. The Labute approximate surface area is 114 Å². The van der Waals surface area contributed by atoms with Crippen LogP contribution in [0.2, 0.25) is 5.02 Å². The van der Waals surface area contributed by atoms with E-state index in [9.17, 15) is 4.79 Å². The second-order valence-corrected chi connectivity index (χ2v) is 4.39. The van der Waals surface area contributed by atoms with E-state index in [1.165, 1.54) is 0 Å². The van der Waals surface area contributed by atoms with Crippen molar-refractivity contribution in [2.24, 2.45) is 0 Å². The predicted octanol–water partition coefficient (Wildman–Crippen LogP) is 1.05. The lowest BCUT2D eigenvalue weighted by molar-refractivity contribution is -0.127. The molecule has 102 valence electrons. The maximum Gasteiger partial charge on any atom is 0.262 e. The number of hydrogen-bond donors (Lipinski definition) is 4. The maximum absolute atomic E-state index is 11.0. The summed E-state index contributed by atoms with van der Waals surface area (Å²) in [5.41, 5.74) is 9.30. The molecule has 2 rings (SSSR count). The number of carbonyl (C=O) groups excluding carboxylic acids is 1. The van der Waals surface area contributed by atoms with Crippen LogP contribution in [0.25, 0.3) is 5.65 Å². The monoisotopic (exact) mass is 283 g/mol. The molecule has 0 aliphatic rings. The van der Waals surface area contributed by atoms with Crippen LogP contribution in [0.5, 0.6) is 0 Å². The molecule has 2 aromatic rings. The van der Waals surface area contributed by atoms with Gasteiger partial charge in [0, 0.05) is 6.20 Å². The van der Waals surface area contributed by atoms with Crippen LogP contribution in [0.15, 0.2) is 12.3 Å². The number of anilines is 2. The van der Waals surface area contributed by atoms with E-state index in [0.717, 1.165) is 5.69 Å². The topological polar surface area (TPSA) is 105 Å². The summed E-state index contributed by atoms with van der Waals surface area (Å²) < 4.78 is 1.79. The average Bonchev–Trinajstić information content (AvgIpc) is 2.73. The smallest absolute Gasteiger partial charge is 0.262 e. The molecule has 0 aromatic carbocycles. The van der Waals surface area contributed by atoms with Crippen molar-refractivity contribution in [1.29, 1.82) is 0 Å². The van der Waals surface area contributed by atoms with Crippen LogP contribution in [0.3, 0.4) is 0 Å². The van der Waals surface area contributed by atoms with Gasteiger partial charge in [0.25, 0.3) is 5.91 Å². The van der Waals surface area contributed by atoms with Gasteiger partial charge in [-0.1, -0.05) is 18.5 Å². The van der Waals surface area contributed by atoms with Gasteiger partial charge < -0.3 is 11.1 Å². The normalized spacial score (nSPS) is 10.7. The van der Waals surface area contributed by atoms with Crippen molar-refractivity contribution in [3.8, 4) is 0 Å². The van der Waals surface area contributed by atoms with E-state index in [4.69, 9.17) is 22.5 Å². The number of imidazole rings is 1. The predicted molar refractivity (Wildman–Crippen MR) is 72.4 cm³/mol. The molecule has 0 unspecified atom stereocenters. The minimum absolute atomic E-state index is 0.0823. The van der Waals surface area contributed by atoms with Gasteiger partial charge in [-0.2, -0.15) is 0 Å². The van der Waals surface area contributed by atoms with Crippen molar-refractivity contribution < 1.29 is 10.0 Å². The number of nitrogens with one attached hydrogen (secondary N) is 2. The number of fused-ring (bicyclic) bond motifs is 1. The molecule has 8 heteroatoms. The maximum atomic E-state index is 11.0. The Balaban J connectivity index is 2.44. The highest BCUT2D eigenvalue weighted by molar-refractivity contribution is 6.30. The molecule has 5 N–H and O–H groups in total. The zero-order valence-electron chi connectivity index (χ0n) is 10.3. The molecule has 7 nitrogen and oxygen atoms in total. The van der Waals surface area contributed by atoms with Crippen molar-refractivity contribution in [3.05, 3.63) is 23.0 Å². The number of amides is 1. The molecule has 2 aromatic heterocycles. The Morgan fingerprint density at radius 2 is 2.37 bits per heavy atom. The number of nitrogens with zero attached hydrogens (tertiary/aromatic N) is 2. The minimum Gasteiger partial charge on any atom is -0.396 e. The van der Waals surface area contributed by atoms with Gasteiger partial charge in [0.05, 0.1) is 22.9 Å². The third-order valence-electron chi connectivity index (χ3n) is 2.69. The molecule has 0 aliphatic heterocycles. The zero-order chi connectivity index (χ0) is 14.0. The van der Waals surface area contributed by atoms with Crippen LogP contribution in [0, 0.1) is 0 Å². The van der Waals surface area contributed by atoms with E-state index < -0.39 is 5.91 Å². The van der Waals surface area contributed by atoms with E-state index >= 15 is 0 Å². The van der Waals surface area contributed by atoms with Crippen molar-refractivity contribution in [2.45, 2.75) is 13.3 Å². The average molecular weight is 284 g/mol. The van der Waals surface area contributed by atoms with Gasteiger partial charge in [-0.3, -0.25) is 14.4 Å². The van der Waals surface area contributed by atoms with Gasteiger partial charge in [0.2, 0.25) is 0 Å². The second kappa shape index (κ2) is 5.33. The first kappa shape index (κ1) is 13.4. The fraction of sp³-hybridized carbons (Fsp3) is 0.273. The van der Waals surface area contributed by atoms with E-state index in [2.05, 4.69) is 10.3 Å². The SMILES string of the molecule is CCc1c(NCC(=O)NO)nc2c(N)cc(Cl)cn12. The highest BCUT2D eigenvalue weighted by Gasteiger charge is 2.14. The van der Waals surface area contributed by atoms with E-state index in [1.54, 1.807) is 22.1 Å². The first-order valence-electron chi connectivity index (χ1n) is 5.69. The Hall–Kier alpha value is -1.99. The number of halogens is 1. The fourth-order valence-electron chi connectivity index (χ4n) is 1.87. The van der Waals surface area contributed by atoms with Crippen molar-refractivity contribution in [2.75, 3.05) is 17.6 Å². The quantitative estimate of drug-likeness (QED) is 0.496. The van der Waals surface area contributed by atoms with Crippen LogP contribution in [0.1, 0.15) is 12.6 Å². The van der Waals surface area contributed by atoms with Gasteiger partial charge in [0.15, 0.2) is 5.65 Å². The lowest BCUT2D eigenvalue weighted by Gasteiger charge is -2.04. The standard InChI is InChI=1S/C11H14ClN5O2/c1-2-8-10(14-4-9(18)16-19)15-11-7(13)3-6(12)5-17(8)11/h3,5,14,19H,2,4,13H2,1H3,(H,16,18). The molecule has 0 saturated carbocycles. The molecule has 1 amide bonds. The van der Waals surface area contributed by atoms with Gasteiger partial charge in [-0.25, -0.2) is 10.5 Å². The molecule has 0 atom stereocenters. The van der Waals surface area contributed by atoms with Crippen LogP contribution in [0.4, 0.5) is 11.5 Å². The molecular formula is C11H14ClN5O2. The van der Waals surface area contributed by atoms with E-state index in [1.807, 2.05) is 6.92 Å².